The van der Waals surface area contributed by atoms with E-state index in [4.69, 9.17) is 4.74 Å². The number of benzene rings is 1. The number of carbonyl (C=O) groups excluding carboxylic acids is 1. The van der Waals surface area contributed by atoms with E-state index in [1.807, 2.05) is 11.2 Å². The lowest BCUT2D eigenvalue weighted by molar-refractivity contribution is -0.137. The van der Waals surface area contributed by atoms with Gasteiger partial charge in [-0.1, -0.05) is 18.0 Å². The molecule has 212 valence electrons. The van der Waals surface area contributed by atoms with Crippen molar-refractivity contribution in [2.75, 3.05) is 55.3 Å². The highest BCUT2D eigenvalue weighted by molar-refractivity contribution is 7.99. The molecule has 2 unspecified atom stereocenters. The number of carbonyl (C=O) groups is 1. The van der Waals surface area contributed by atoms with Crippen LogP contribution >= 0.6 is 11.9 Å². The molecule has 1 aromatic carbocycles. The number of morpholine rings is 1. The van der Waals surface area contributed by atoms with Crippen LogP contribution in [0.1, 0.15) is 43.2 Å². The number of hydrogen-bond donors (Lipinski definition) is 1. The van der Waals surface area contributed by atoms with Crippen LogP contribution in [0.5, 0.6) is 0 Å². The zero-order chi connectivity index (χ0) is 27.2. The van der Waals surface area contributed by atoms with Crippen LogP contribution in [0.3, 0.4) is 0 Å². The van der Waals surface area contributed by atoms with Gasteiger partial charge >= 0.3 is 12.2 Å². The SMILES string of the molecule is CSNc1ccn(C(=O)N2CCC3(CCN(Cc4ccc(C(F)(F)F)cc4N4C5CCC4COC5)C3)CC2)n1. The molecule has 0 radical (unpaired) electrons. The van der Waals surface area contributed by atoms with Gasteiger partial charge in [-0.05, 0) is 61.8 Å². The van der Waals surface area contributed by atoms with Crippen molar-refractivity contribution in [3.63, 3.8) is 0 Å². The molecular formula is C27H35F3N6O2S. The molecule has 2 bridgehead atoms. The number of nitrogens with zero attached hydrogens (tertiary/aromatic N) is 5. The van der Waals surface area contributed by atoms with Crippen LogP contribution in [0, 0.1) is 5.41 Å². The van der Waals surface area contributed by atoms with Crippen LogP contribution in [0.15, 0.2) is 30.5 Å². The minimum atomic E-state index is -4.37. The molecule has 0 aliphatic carbocycles. The van der Waals surface area contributed by atoms with E-state index in [-0.39, 0.29) is 23.5 Å². The van der Waals surface area contributed by atoms with Gasteiger partial charge in [-0.15, -0.1) is 5.10 Å². The van der Waals surface area contributed by atoms with E-state index in [0.717, 1.165) is 56.4 Å². The number of alkyl halides is 3. The Morgan fingerprint density at radius 2 is 1.85 bits per heavy atom. The summed E-state index contributed by atoms with van der Waals surface area (Å²) < 4.78 is 51.1. The first-order chi connectivity index (χ1) is 18.7. The minimum Gasteiger partial charge on any atom is -0.377 e. The largest absolute Gasteiger partial charge is 0.416 e. The summed E-state index contributed by atoms with van der Waals surface area (Å²) in [4.78, 5) is 19.4. The highest BCUT2D eigenvalue weighted by Crippen LogP contribution is 2.43. The first-order valence-electron chi connectivity index (χ1n) is 13.7. The number of anilines is 2. The van der Waals surface area contributed by atoms with Gasteiger partial charge in [-0.3, -0.25) is 4.90 Å². The first kappa shape index (κ1) is 26.8. The molecule has 12 heteroatoms. The standard InChI is InChI=1S/C27H35F3N6O2S/c1-39-32-24-6-10-35(31-24)25(37)34-12-8-26(9-13-34)7-11-33(18-26)15-19-2-3-20(27(28,29)30)14-23(19)36-21-4-5-22(36)17-38-16-21/h2-3,6,10,14,21-22H,4-5,7-9,11-13,15-18H2,1H3,(H,31,32). The molecule has 4 aliphatic rings. The molecule has 6 rings (SSSR count). The number of piperidine rings is 1. The molecule has 2 atom stereocenters. The third-order valence-electron chi connectivity index (χ3n) is 8.93. The number of fused-ring (bicyclic) bond motifs is 2. The molecule has 5 heterocycles. The molecule has 4 aliphatic heterocycles. The summed E-state index contributed by atoms with van der Waals surface area (Å²) in [6.07, 6.45) is 4.00. The summed E-state index contributed by atoms with van der Waals surface area (Å²) in [5.41, 5.74) is 1.23. The Balaban J connectivity index is 1.13. The van der Waals surface area contributed by atoms with Gasteiger partial charge in [0.05, 0.1) is 30.9 Å². The summed E-state index contributed by atoms with van der Waals surface area (Å²) >= 11 is 1.43. The van der Waals surface area contributed by atoms with Crippen molar-refractivity contribution in [3.05, 3.63) is 41.6 Å². The lowest BCUT2D eigenvalue weighted by Gasteiger charge is -2.40. The lowest BCUT2D eigenvalue weighted by atomic mass is 9.78. The number of amides is 1. The maximum Gasteiger partial charge on any atom is 0.416 e. The zero-order valence-corrected chi connectivity index (χ0v) is 22.9. The van der Waals surface area contributed by atoms with Crippen molar-refractivity contribution in [2.45, 2.75) is 56.9 Å². The average Bonchev–Trinajstić information content (AvgIpc) is 3.60. The summed E-state index contributed by atoms with van der Waals surface area (Å²) in [6.45, 7) is 4.95. The second kappa shape index (κ2) is 10.5. The number of aromatic nitrogens is 2. The number of ether oxygens (including phenoxy) is 1. The normalized spacial score (nSPS) is 25.0. The van der Waals surface area contributed by atoms with Gasteiger partial charge in [-0.2, -0.15) is 17.9 Å². The van der Waals surface area contributed by atoms with E-state index >= 15 is 0 Å². The summed E-state index contributed by atoms with van der Waals surface area (Å²) in [5.74, 6) is 0.656. The second-order valence-electron chi connectivity index (χ2n) is 11.4. The van der Waals surface area contributed by atoms with Crippen molar-refractivity contribution in [2.24, 2.45) is 5.41 Å². The molecule has 0 saturated carbocycles. The third kappa shape index (κ3) is 5.35. The van der Waals surface area contributed by atoms with Gasteiger partial charge in [-0.25, -0.2) is 4.79 Å². The van der Waals surface area contributed by atoms with Gasteiger partial charge in [0.2, 0.25) is 0 Å². The smallest absolute Gasteiger partial charge is 0.377 e. The topological polar surface area (TPSA) is 65.9 Å². The van der Waals surface area contributed by atoms with Crippen molar-refractivity contribution in [1.29, 1.82) is 0 Å². The Morgan fingerprint density at radius 1 is 1.13 bits per heavy atom. The van der Waals surface area contributed by atoms with E-state index in [2.05, 4.69) is 19.6 Å². The minimum absolute atomic E-state index is 0.108. The van der Waals surface area contributed by atoms with E-state index in [0.29, 0.717) is 38.7 Å². The predicted octanol–water partition coefficient (Wildman–Crippen LogP) is 4.92. The highest BCUT2D eigenvalue weighted by Gasteiger charge is 2.43. The Labute approximate surface area is 231 Å². The van der Waals surface area contributed by atoms with E-state index in [9.17, 15) is 18.0 Å². The third-order valence-corrected chi connectivity index (χ3v) is 9.34. The molecule has 1 aromatic heterocycles. The molecule has 8 nitrogen and oxygen atoms in total. The molecule has 39 heavy (non-hydrogen) atoms. The summed E-state index contributed by atoms with van der Waals surface area (Å²) in [7, 11) is 0. The van der Waals surface area contributed by atoms with Gasteiger partial charge < -0.3 is 19.3 Å². The van der Waals surface area contributed by atoms with Crippen molar-refractivity contribution >= 4 is 29.5 Å². The number of halogens is 3. The molecule has 1 N–H and O–H groups in total. The van der Waals surface area contributed by atoms with Crippen LogP contribution < -0.4 is 9.62 Å². The Hall–Kier alpha value is -2.44. The van der Waals surface area contributed by atoms with Gasteiger partial charge in [0, 0.05) is 50.4 Å². The van der Waals surface area contributed by atoms with E-state index in [1.165, 1.54) is 28.8 Å². The van der Waals surface area contributed by atoms with Gasteiger partial charge in [0.15, 0.2) is 5.82 Å². The van der Waals surface area contributed by atoms with Crippen LogP contribution in [-0.4, -0.2) is 83.3 Å². The molecule has 4 saturated heterocycles. The predicted molar refractivity (Wildman–Crippen MR) is 145 cm³/mol. The highest BCUT2D eigenvalue weighted by atomic mass is 32.2. The van der Waals surface area contributed by atoms with Crippen molar-refractivity contribution in [3.8, 4) is 0 Å². The summed E-state index contributed by atoms with van der Waals surface area (Å²) in [6, 6.07) is 6.23. The molecule has 1 amide bonds. The number of hydrogen-bond acceptors (Lipinski definition) is 7. The quantitative estimate of drug-likeness (QED) is 0.518. The maximum atomic E-state index is 13.7. The maximum absolute atomic E-state index is 13.7. The fraction of sp³-hybridized carbons (Fsp3) is 0.630. The fourth-order valence-corrected chi connectivity index (χ4v) is 7.17. The van der Waals surface area contributed by atoms with Gasteiger partial charge in [0.25, 0.3) is 0 Å². The number of nitrogens with one attached hydrogen (secondary N) is 1. The molecule has 2 aromatic rings. The average molecular weight is 565 g/mol. The Morgan fingerprint density at radius 3 is 2.54 bits per heavy atom. The van der Waals surface area contributed by atoms with Crippen molar-refractivity contribution < 1.29 is 22.7 Å². The Kier molecular flexibility index (Phi) is 7.22. The van der Waals surface area contributed by atoms with E-state index < -0.39 is 11.7 Å². The number of rotatable bonds is 5. The van der Waals surface area contributed by atoms with Crippen LogP contribution in [0.4, 0.5) is 29.5 Å². The van der Waals surface area contributed by atoms with Gasteiger partial charge in [0.1, 0.15) is 0 Å². The number of likely N-dealkylation sites (tertiary alicyclic amines) is 2. The van der Waals surface area contributed by atoms with Crippen molar-refractivity contribution in [1.82, 2.24) is 19.6 Å². The fourth-order valence-electron chi connectivity index (χ4n) is 6.85. The monoisotopic (exact) mass is 564 g/mol. The molecular weight excluding hydrogens is 529 g/mol. The molecule has 4 fully saturated rings. The van der Waals surface area contributed by atoms with Crippen LogP contribution in [-0.2, 0) is 17.5 Å². The lowest BCUT2D eigenvalue weighted by Crippen LogP contribution is -2.47. The van der Waals surface area contributed by atoms with Crippen LogP contribution in [0.25, 0.3) is 0 Å². The first-order valence-corrected chi connectivity index (χ1v) is 14.9. The second-order valence-corrected chi connectivity index (χ2v) is 12.0. The van der Waals surface area contributed by atoms with Crippen LogP contribution in [0.2, 0.25) is 0 Å². The van der Waals surface area contributed by atoms with E-state index in [1.54, 1.807) is 18.3 Å². The summed E-state index contributed by atoms with van der Waals surface area (Å²) in [5, 5.41) is 4.31. The molecule has 1 spiro atoms. The zero-order valence-electron chi connectivity index (χ0n) is 22.1. The Bertz CT molecular complexity index is 1180.